The maximum absolute atomic E-state index is 11.6. The van der Waals surface area contributed by atoms with Gasteiger partial charge in [-0.25, -0.2) is 0 Å². The molecule has 0 amide bonds. The number of unbranched alkanes of at least 4 members (excludes halogenated alkanes) is 2. The summed E-state index contributed by atoms with van der Waals surface area (Å²) < 4.78 is 0. The fourth-order valence-electron chi connectivity index (χ4n) is 2.35. The molecule has 3 nitrogen and oxygen atoms in total. The van der Waals surface area contributed by atoms with Crippen LogP contribution >= 0.6 is 0 Å². The summed E-state index contributed by atoms with van der Waals surface area (Å²) in [5, 5.41) is 9.49. The zero-order chi connectivity index (χ0) is 15.3. The van der Waals surface area contributed by atoms with E-state index in [1.807, 2.05) is 18.2 Å². The van der Waals surface area contributed by atoms with E-state index in [4.69, 9.17) is 5.73 Å². The largest absolute Gasteiger partial charge is 0.481 e. The highest BCUT2D eigenvalue weighted by Gasteiger charge is 2.24. The van der Waals surface area contributed by atoms with E-state index in [2.05, 4.69) is 27.7 Å². The molecule has 0 radical (unpaired) electrons. The number of nitrogen functional groups attached to an aromatic ring is 1. The standard InChI is InChI=1S/C17H27NO2/c1-5-6-7-8-13(16(19)20)14-11-12(17(2,3)4)9-10-15(14)18/h9-11,13H,5-8,18H2,1-4H3,(H,19,20). The Kier molecular flexibility index (Phi) is 5.61. The van der Waals surface area contributed by atoms with Gasteiger partial charge in [-0.1, -0.05) is 59.1 Å². The second-order valence-corrected chi connectivity index (χ2v) is 6.48. The van der Waals surface area contributed by atoms with Gasteiger partial charge in [-0.2, -0.15) is 0 Å². The van der Waals surface area contributed by atoms with Crippen LogP contribution < -0.4 is 5.73 Å². The molecule has 0 aliphatic rings. The molecule has 0 spiro atoms. The summed E-state index contributed by atoms with van der Waals surface area (Å²) in [4.78, 5) is 11.6. The average molecular weight is 277 g/mol. The summed E-state index contributed by atoms with van der Waals surface area (Å²) in [6.45, 7) is 8.48. The minimum atomic E-state index is -0.779. The Morgan fingerprint density at radius 3 is 2.45 bits per heavy atom. The summed E-state index contributed by atoms with van der Waals surface area (Å²) >= 11 is 0. The lowest BCUT2D eigenvalue weighted by Gasteiger charge is -2.23. The number of carbonyl (C=O) groups is 1. The van der Waals surface area contributed by atoms with Crippen LogP contribution in [0.5, 0.6) is 0 Å². The molecular formula is C17H27NO2. The number of carboxylic acid groups (broad SMARTS) is 1. The van der Waals surface area contributed by atoms with Crippen LogP contribution in [0.25, 0.3) is 0 Å². The van der Waals surface area contributed by atoms with Gasteiger partial charge in [0.2, 0.25) is 0 Å². The molecule has 0 aliphatic carbocycles. The Bertz CT molecular complexity index is 461. The van der Waals surface area contributed by atoms with Crippen LogP contribution in [0, 0.1) is 0 Å². The number of carboxylic acids is 1. The summed E-state index contributed by atoms with van der Waals surface area (Å²) in [6, 6.07) is 5.80. The monoisotopic (exact) mass is 277 g/mol. The van der Waals surface area contributed by atoms with Crippen LogP contribution in [0.4, 0.5) is 5.69 Å². The molecule has 1 unspecified atom stereocenters. The van der Waals surface area contributed by atoms with Gasteiger partial charge in [0.1, 0.15) is 0 Å². The van der Waals surface area contributed by atoms with Crippen LogP contribution in [0.15, 0.2) is 18.2 Å². The first-order valence-electron chi connectivity index (χ1n) is 7.40. The molecule has 0 aromatic heterocycles. The van der Waals surface area contributed by atoms with Crippen LogP contribution in [0.3, 0.4) is 0 Å². The second-order valence-electron chi connectivity index (χ2n) is 6.48. The SMILES string of the molecule is CCCCCC(C(=O)O)c1cc(C(C)(C)C)ccc1N. The van der Waals surface area contributed by atoms with E-state index in [1.54, 1.807) is 0 Å². The molecule has 0 saturated heterocycles. The van der Waals surface area contributed by atoms with E-state index in [-0.39, 0.29) is 5.41 Å². The van der Waals surface area contributed by atoms with Crippen molar-refractivity contribution in [3.05, 3.63) is 29.3 Å². The Morgan fingerprint density at radius 2 is 1.95 bits per heavy atom. The first-order valence-corrected chi connectivity index (χ1v) is 7.40. The molecule has 3 heteroatoms. The predicted octanol–water partition coefficient (Wildman–Crippen LogP) is 4.31. The van der Waals surface area contributed by atoms with Crippen molar-refractivity contribution < 1.29 is 9.90 Å². The third-order valence-electron chi connectivity index (χ3n) is 3.72. The molecule has 1 aromatic rings. The van der Waals surface area contributed by atoms with Crippen molar-refractivity contribution >= 4 is 11.7 Å². The van der Waals surface area contributed by atoms with E-state index >= 15 is 0 Å². The third-order valence-corrected chi connectivity index (χ3v) is 3.72. The predicted molar refractivity (Wildman–Crippen MR) is 84.1 cm³/mol. The van der Waals surface area contributed by atoms with Crippen LogP contribution in [0.1, 0.15) is 70.4 Å². The smallest absolute Gasteiger partial charge is 0.311 e. The Labute approximate surface area is 122 Å². The fraction of sp³-hybridized carbons (Fsp3) is 0.588. The van der Waals surface area contributed by atoms with Gasteiger partial charge in [0.15, 0.2) is 0 Å². The first kappa shape index (κ1) is 16.5. The maximum atomic E-state index is 11.6. The quantitative estimate of drug-likeness (QED) is 0.601. The van der Waals surface area contributed by atoms with Crippen LogP contribution in [0.2, 0.25) is 0 Å². The second kappa shape index (κ2) is 6.78. The summed E-state index contributed by atoms with van der Waals surface area (Å²) in [6.07, 6.45) is 3.72. The molecule has 1 aromatic carbocycles. The average Bonchev–Trinajstić information content (AvgIpc) is 2.34. The van der Waals surface area contributed by atoms with Crippen molar-refractivity contribution in [2.75, 3.05) is 5.73 Å². The number of benzene rings is 1. The molecule has 0 heterocycles. The molecular weight excluding hydrogens is 250 g/mol. The van der Waals surface area contributed by atoms with Crippen LogP contribution in [-0.4, -0.2) is 11.1 Å². The van der Waals surface area contributed by atoms with Crippen molar-refractivity contribution in [1.29, 1.82) is 0 Å². The zero-order valence-corrected chi connectivity index (χ0v) is 13.1. The molecule has 20 heavy (non-hydrogen) atoms. The highest BCUT2D eigenvalue weighted by molar-refractivity contribution is 5.78. The third kappa shape index (κ3) is 4.26. The lowest BCUT2D eigenvalue weighted by atomic mass is 9.83. The number of nitrogens with two attached hydrogens (primary N) is 1. The number of aliphatic carboxylic acids is 1. The summed E-state index contributed by atoms with van der Waals surface area (Å²) in [5.41, 5.74) is 8.49. The van der Waals surface area contributed by atoms with Gasteiger partial charge in [0.05, 0.1) is 5.92 Å². The minimum absolute atomic E-state index is 0.00504. The highest BCUT2D eigenvalue weighted by Crippen LogP contribution is 2.32. The van der Waals surface area contributed by atoms with Crippen LogP contribution in [-0.2, 0) is 10.2 Å². The molecule has 0 saturated carbocycles. The van der Waals surface area contributed by atoms with Gasteiger partial charge in [0.25, 0.3) is 0 Å². The zero-order valence-electron chi connectivity index (χ0n) is 13.1. The van der Waals surface area contributed by atoms with Crippen molar-refractivity contribution in [3.8, 4) is 0 Å². The topological polar surface area (TPSA) is 63.3 Å². The molecule has 0 aliphatic heterocycles. The molecule has 1 atom stereocenters. The summed E-state index contributed by atoms with van der Waals surface area (Å²) in [5.74, 6) is -1.28. The van der Waals surface area contributed by atoms with Crippen molar-refractivity contribution in [1.82, 2.24) is 0 Å². The van der Waals surface area contributed by atoms with Crippen molar-refractivity contribution in [2.24, 2.45) is 0 Å². The Hall–Kier alpha value is -1.51. The Morgan fingerprint density at radius 1 is 1.30 bits per heavy atom. The minimum Gasteiger partial charge on any atom is -0.481 e. The van der Waals surface area contributed by atoms with Gasteiger partial charge >= 0.3 is 5.97 Å². The Balaban J connectivity index is 3.09. The lowest BCUT2D eigenvalue weighted by molar-refractivity contribution is -0.139. The maximum Gasteiger partial charge on any atom is 0.311 e. The number of hydrogen-bond donors (Lipinski definition) is 2. The van der Waals surface area contributed by atoms with Gasteiger partial charge < -0.3 is 10.8 Å². The number of hydrogen-bond acceptors (Lipinski definition) is 2. The molecule has 0 fully saturated rings. The van der Waals surface area contributed by atoms with E-state index < -0.39 is 11.9 Å². The molecule has 0 bridgehead atoms. The normalized spacial score (nSPS) is 13.2. The number of rotatable bonds is 6. The van der Waals surface area contributed by atoms with Crippen molar-refractivity contribution in [3.63, 3.8) is 0 Å². The molecule has 1 rings (SSSR count). The van der Waals surface area contributed by atoms with E-state index in [0.29, 0.717) is 12.1 Å². The molecule has 3 N–H and O–H groups in total. The van der Waals surface area contributed by atoms with Crippen molar-refractivity contribution in [2.45, 2.75) is 64.7 Å². The fourth-order valence-corrected chi connectivity index (χ4v) is 2.35. The highest BCUT2D eigenvalue weighted by atomic mass is 16.4. The lowest BCUT2D eigenvalue weighted by Crippen LogP contribution is -2.17. The van der Waals surface area contributed by atoms with E-state index in [1.165, 1.54) is 0 Å². The van der Waals surface area contributed by atoms with E-state index in [9.17, 15) is 9.90 Å². The van der Waals surface area contributed by atoms with E-state index in [0.717, 1.165) is 30.4 Å². The van der Waals surface area contributed by atoms with Gasteiger partial charge in [-0.3, -0.25) is 4.79 Å². The number of anilines is 1. The van der Waals surface area contributed by atoms with Gasteiger partial charge in [-0.05, 0) is 29.0 Å². The van der Waals surface area contributed by atoms with Gasteiger partial charge in [0, 0.05) is 5.69 Å². The van der Waals surface area contributed by atoms with Gasteiger partial charge in [-0.15, -0.1) is 0 Å². The first-order chi connectivity index (χ1) is 9.27. The summed E-state index contributed by atoms with van der Waals surface area (Å²) in [7, 11) is 0. The molecule has 112 valence electrons.